The fraction of sp³-hybridized carbons (Fsp3) is 0.571. The van der Waals surface area contributed by atoms with Gasteiger partial charge in [0.25, 0.3) is 0 Å². The van der Waals surface area contributed by atoms with Crippen molar-refractivity contribution >= 4 is 9.84 Å². The van der Waals surface area contributed by atoms with Gasteiger partial charge in [-0.25, -0.2) is 8.42 Å². The van der Waals surface area contributed by atoms with Gasteiger partial charge in [0.15, 0.2) is 21.3 Å². The third kappa shape index (κ3) is 2.91. The summed E-state index contributed by atoms with van der Waals surface area (Å²) in [5.41, 5.74) is 0.955. The van der Waals surface area contributed by atoms with Crippen molar-refractivity contribution in [3.05, 3.63) is 17.7 Å². The van der Waals surface area contributed by atoms with Crippen molar-refractivity contribution in [2.45, 2.75) is 30.2 Å². The molecule has 6 heteroatoms. The Kier molecular flexibility index (Phi) is 4.55. The Morgan fingerprint density at radius 3 is 2.35 bits per heavy atom. The number of hydrogen-bond acceptors (Lipinski definition) is 5. The summed E-state index contributed by atoms with van der Waals surface area (Å²) in [6, 6.07) is 3.60. The molecule has 0 spiro atoms. The zero-order valence-corrected chi connectivity index (χ0v) is 12.9. The highest BCUT2D eigenvalue weighted by molar-refractivity contribution is 7.90. The highest BCUT2D eigenvalue weighted by atomic mass is 32.2. The average molecular weight is 299 g/mol. The first kappa shape index (κ1) is 15.1. The molecule has 1 atom stereocenters. The molecule has 1 aliphatic rings. The van der Waals surface area contributed by atoms with Crippen molar-refractivity contribution in [2.75, 3.05) is 27.0 Å². The lowest BCUT2D eigenvalue weighted by Gasteiger charge is -2.26. The molecule has 1 unspecified atom stereocenters. The number of piperidine rings is 1. The first-order valence-electron chi connectivity index (χ1n) is 6.67. The van der Waals surface area contributed by atoms with Crippen LogP contribution >= 0.6 is 0 Å². The maximum atomic E-state index is 11.8. The summed E-state index contributed by atoms with van der Waals surface area (Å²) in [6.45, 7) is 0.962. The molecule has 112 valence electrons. The minimum atomic E-state index is -3.35. The molecular formula is C14H21NO4S. The second kappa shape index (κ2) is 6.01. The van der Waals surface area contributed by atoms with Crippen LogP contribution in [0.5, 0.6) is 11.5 Å². The molecule has 1 saturated heterocycles. The van der Waals surface area contributed by atoms with E-state index in [1.54, 1.807) is 6.07 Å². The van der Waals surface area contributed by atoms with E-state index < -0.39 is 9.84 Å². The lowest BCUT2D eigenvalue weighted by molar-refractivity contribution is 0.331. The summed E-state index contributed by atoms with van der Waals surface area (Å²) >= 11 is 0. The van der Waals surface area contributed by atoms with Crippen molar-refractivity contribution < 1.29 is 17.9 Å². The normalized spacial score (nSPS) is 19.6. The first-order chi connectivity index (χ1) is 9.49. The Morgan fingerprint density at radius 1 is 1.15 bits per heavy atom. The van der Waals surface area contributed by atoms with Crippen LogP contribution in [-0.2, 0) is 9.84 Å². The van der Waals surface area contributed by atoms with Gasteiger partial charge in [-0.15, -0.1) is 0 Å². The van der Waals surface area contributed by atoms with Crippen LogP contribution in [0.25, 0.3) is 0 Å². The van der Waals surface area contributed by atoms with Gasteiger partial charge in [-0.1, -0.05) is 12.5 Å². The number of sulfone groups is 1. The third-order valence-electron chi connectivity index (χ3n) is 3.60. The second-order valence-electron chi connectivity index (χ2n) is 4.99. The number of rotatable bonds is 4. The van der Waals surface area contributed by atoms with Crippen LogP contribution in [-0.4, -0.2) is 35.4 Å². The molecular weight excluding hydrogens is 278 g/mol. The van der Waals surface area contributed by atoms with Gasteiger partial charge in [-0.2, -0.15) is 0 Å². The Hall–Kier alpha value is -1.27. The lowest BCUT2D eigenvalue weighted by Crippen LogP contribution is -2.27. The second-order valence-corrected chi connectivity index (χ2v) is 6.98. The fourth-order valence-corrected chi connectivity index (χ4v) is 3.48. The van der Waals surface area contributed by atoms with Crippen LogP contribution in [0, 0.1) is 0 Å². The van der Waals surface area contributed by atoms with Crippen LogP contribution in [0.2, 0.25) is 0 Å². The molecule has 1 aromatic rings. The van der Waals surface area contributed by atoms with Gasteiger partial charge >= 0.3 is 0 Å². The molecule has 0 aliphatic carbocycles. The van der Waals surface area contributed by atoms with Crippen LogP contribution in [0.15, 0.2) is 17.0 Å². The predicted molar refractivity (Wildman–Crippen MR) is 77.3 cm³/mol. The van der Waals surface area contributed by atoms with Crippen molar-refractivity contribution in [2.24, 2.45) is 0 Å². The summed E-state index contributed by atoms with van der Waals surface area (Å²) in [4.78, 5) is 0.163. The summed E-state index contributed by atoms with van der Waals surface area (Å²) in [5.74, 6) is 0.801. The zero-order valence-electron chi connectivity index (χ0n) is 12.1. The monoisotopic (exact) mass is 299 g/mol. The predicted octanol–water partition coefficient (Wildman–Crippen LogP) is 1.92. The SMILES string of the molecule is COc1c(C2CCCCN2)ccc(S(C)(=O)=O)c1OC. The molecule has 1 fully saturated rings. The average Bonchev–Trinajstić information content (AvgIpc) is 2.45. The third-order valence-corrected chi connectivity index (χ3v) is 4.72. The molecule has 0 amide bonds. The number of benzene rings is 1. The van der Waals surface area contributed by atoms with E-state index in [-0.39, 0.29) is 10.9 Å². The van der Waals surface area contributed by atoms with E-state index in [9.17, 15) is 8.42 Å². The van der Waals surface area contributed by atoms with Crippen LogP contribution in [0.1, 0.15) is 30.9 Å². The number of hydrogen-bond donors (Lipinski definition) is 1. The van der Waals surface area contributed by atoms with Crippen molar-refractivity contribution in [3.63, 3.8) is 0 Å². The maximum absolute atomic E-state index is 11.8. The van der Waals surface area contributed by atoms with Gasteiger partial charge in [-0.05, 0) is 25.5 Å². The minimum absolute atomic E-state index is 0.163. The van der Waals surface area contributed by atoms with E-state index in [0.717, 1.165) is 31.4 Å². The topological polar surface area (TPSA) is 64.6 Å². The van der Waals surface area contributed by atoms with Gasteiger partial charge in [0.05, 0.1) is 14.2 Å². The maximum Gasteiger partial charge on any atom is 0.179 e. The minimum Gasteiger partial charge on any atom is -0.492 e. The van der Waals surface area contributed by atoms with E-state index in [1.807, 2.05) is 6.07 Å². The summed E-state index contributed by atoms with van der Waals surface area (Å²) in [7, 11) is -0.350. The first-order valence-corrected chi connectivity index (χ1v) is 8.56. The molecule has 1 heterocycles. The van der Waals surface area contributed by atoms with Crippen LogP contribution in [0.4, 0.5) is 0 Å². The van der Waals surface area contributed by atoms with Gasteiger partial charge in [0, 0.05) is 17.9 Å². The van der Waals surface area contributed by atoms with Crippen molar-refractivity contribution in [3.8, 4) is 11.5 Å². The van der Waals surface area contributed by atoms with Gasteiger partial charge in [-0.3, -0.25) is 0 Å². The molecule has 2 rings (SSSR count). The summed E-state index contributed by atoms with van der Waals surface area (Å²) < 4.78 is 34.4. The van der Waals surface area contributed by atoms with Gasteiger partial charge < -0.3 is 14.8 Å². The smallest absolute Gasteiger partial charge is 0.179 e. The van der Waals surface area contributed by atoms with E-state index in [2.05, 4.69) is 5.32 Å². The van der Waals surface area contributed by atoms with E-state index in [4.69, 9.17) is 9.47 Å². The standard InChI is InChI=1S/C14H21NO4S/c1-18-13-10(11-6-4-5-9-15-11)7-8-12(14(13)19-2)20(3,16)17/h7-8,11,15H,4-6,9H2,1-3H3. The molecule has 1 aliphatic heterocycles. The molecule has 0 bridgehead atoms. The largest absolute Gasteiger partial charge is 0.492 e. The molecule has 0 radical (unpaired) electrons. The molecule has 0 saturated carbocycles. The fourth-order valence-electron chi connectivity index (χ4n) is 2.65. The van der Waals surface area contributed by atoms with E-state index >= 15 is 0 Å². The van der Waals surface area contributed by atoms with E-state index in [0.29, 0.717) is 11.5 Å². The summed E-state index contributed by atoms with van der Waals surface area (Å²) in [6.07, 6.45) is 4.49. The lowest BCUT2D eigenvalue weighted by atomic mass is 9.96. The van der Waals surface area contributed by atoms with Crippen molar-refractivity contribution in [1.29, 1.82) is 0 Å². The van der Waals surface area contributed by atoms with Crippen LogP contribution in [0.3, 0.4) is 0 Å². The van der Waals surface area contributed by atoms with Crippen molar-refractivity contribution in [1.82, 2.24) is 5.32 Å². The Labute approximate surface area is 120 Å². The highest BCUT2D eigenvalue weighted by Gasteiger charge is 2.25. The molecule has 0 aromatic heterocycles. The van der Waals surface area contributed by atoms with Gasteiger partial charge in [0.1, 0.15) is 4.90 Å². The molecule has 20 heavy (non-hydrogen) atoms. The molecule has 1 aromatic carbocycles. The number of nitrogens with one attached hydrogen (secondary N) is 1. The van der Waals surface area contributed by atoms with Gasteiger partial charge in [0.2, 0.25) is 0 Å². The van der Waals surface area contributed by atoms with E-state index in [1.165, 1.54) is 20.5 Å². The number of ether oxygens (including phenoxy) is 2. The molecule has 1 N–H and O–H groups in total. The Morgan fingerprint density at radius 2 is 1.85 bits per heavy atom. The van der Waals surface area contributed by atoms with Crippen LogP contribution < -0.4 is 14.8 Å². The zero-order chi connectivity index (χ0) is 14.8. The number of methoxy groups -OCH3 is 2. The Balaban J connectivity index is 2.54. The summed E-state index contributed by atoms with van der Waals surface area (Å²) in [5, 5.41) is 3.43. The quantitative estimate of drug-likeness (QED) is 0.920. The molecule has 5 nitrogen and oxygen atoms in total. The highest BCUT2D eigenvalue weighted by Crippen LogP contribution is 2.41. The Bertz CT molecular complexity index is 577.